The van der Waals surface area contributed by atoms with Gasteiger partial charge in [-0.05, 0) is 32.9 Å². The zero-order valence-corrected chi connectivity index (χ0v) is 11.7. The first kappa shape index (κ1) is 12.8. The highest BCUT2D eigenvalue weighted by molar-refractivity contribution is 7.14. The van der Waals surface area contributed by atoms with Crippen molar-refractivity contribution in [2.75, 3.05) is 11.9 Å². The van der Waals surface area contributed by atoms with E-state index in [1.807, 2.05) is 38.3 Å². The van der Waals surface area contributed by atoms with Crippen molar-refractivity contribution in [1.29, 1.82) is 0 Å². The predicted octanol–water partition coefficient (Wildman–Crippen LogP) is 2.73. The number of aromatic nitrogens is 2. The summed E-state index contributed by atoms with van der Waals surface area (Å²) in [6.45, 7) is 7.46. The van der Waals surface area contributed by atoms with E-state index in [-0.39, 0.29) is 5.56 Å². The van der Waals surface area contributed by atoms with Gasteiger partial charge < -0.3 is 9.88 Å². The highest BCUT2D eigenvalue weighted by Crippen LogP contribution is 2.22. The average molecular weight is 263 g/mol. The van der Waals surface area contributed by atoms with E-state index < -0.39 is 0 Å². The van der Waals surface area contributed by atoms with E-state index in [0.29, 0.717) is 12.1 Å². The molecule has 2 rings (SSSR count). The molecule has 0 amide bonds. The number of aryl methyl sites for hydroxylation is 1. The summed E-state index contributed by atoms with van der Waals surface area (Å²) in [6.07, 6.45) is 0. The van der Waals surface area contributed by atoms with Gasteiger partial charge in [0.15, 0.2) is 5.13 Å². The Balaban J connectivity index is 2.47. The fraction of sp³-hybridized carbons (Fsp3) is 0.385. The lowest BCUT2D eigenvalue weighted by Gasteiger charge is -2.08. The molecule has 18 heavy (non-hydrogen) atoms. The minimum atomic E-state index is 0.0332. The molecular weight excluding hydrogens is 246 g/mol. The molecule has 0 radical (unpaired) electrons. The number of hydrogen-bond acceptors (Lipinski definition) is 4. The van der Waals surface area contributed by atoms with E-state index in [9.17, 15) is 4.79 Å². The van der Waals surface area contributed by atoms with Crippen molar-refractivity contribution in [2.45, 2.75) is 27.3 Å². The Morgan fingerprint density at radius 3 is 2.83 bits per heavy atom. The third-order valence-corrected chi connectivity index (χ3v) is 3.62. The molecule has 0 fully saturated rings. The van der Waals surface area contributed by atoms with Crippen LogP contribution in [0.4, 0.5) is 5.13 Å². The molecule has 1 N–H and O–H groups in total. The molecule has 0 atom stereocenters. The number of hydrogen-bond donors (Lipinski definition) is 1. The van der Waals surface area contributed by atoms with E-state index in [4.69, 9.17) is 0 Å². The van der Waals surface area contributed by atoms with Crippen molar-refractivity contribution in [3.8, 4) is 11.3 Å². The number of anilines is 1. The third kappa shape index (κ3) is 2.31. The summed E-state index contributed by atoms with van der Waals surface area (Å²) in [5.74, 6) is 0. The number of thiazole rings is 1. The molecule has 96 valence electrons. The summed E-state index contributed by atoms with van der Waals surface area (Å²) in [5, 5.41) is 5.93. The molecule has 5 heteroatoms. The van der Waals surface area contributed by atoms with E-state index in [2.05, 4.69) is 10.3 Å². The van der Waals surface area contributed by atoms with E-state index in [1.54, 1.807) is 4.57 Å². The van der Waals surface area contributed by atoms with Gasteiger partial charge in [0, 0.05) is 24.2 Å². The van der Waals surface area contributed by atoms with Crippen LogP contribution in [0.2, 0.25) is 0 Å². The van der Waals surface area contributed by atoms with Crippen molar-refractivity contribution in [3.63, 3.8) is 0 Å². The Kier molecular flexibility index (Phi) is 3.81. The first-order valence-electron chi connectivity index (χ1n) is 6.07. The Morgan fingerprint density at radius 2 is 2.17 bits per heavy atom. The molecular formula is C13H17N3OS. The maximum atomic E-state index is 12.3. The summed E-state index contributed by atoms with van der Waals surface area (Å²) in [6, 6.07) is 3.82. The van der Waals surface area contributed by atoms with E-state index >= 15 is 0 Å². The molecule has 0 aliphatic carbocycles. The first-order chi connectivity index (χ1) is 8.67. The third-order valence-electron chi connectivity index (χ3n) is 2.82. The van der Waals surface area contributed by atoms with Crippen LogP contribution in [0.1, 0.15) is 19.5 Å². The van der Waals surface area contributed by atoms with Gasteiger partial charge in [0.25, 0.3) is 5.56 Å². The number of nitrogens with one attached hydrogen (secondary N) is 1. The van der Waals surface area contributed by atoms with Crippen molar-refractivity contribution in [3.05, 3.63) is 33.6 Å². The molecule has 2 heterocycles. The van der Waals surface area contributed by atoms with Gasteiger partial charge in [-0.15, -0.1) is 11.3 Å². The lowest BCUT2D eigenvalue weighted by atomic mass is 10.2. The van der Waals surface area contributed by atoms with Crippen molar-refractivity contribution in [2.24, 2.45) is 0 Å². The summed E-state index contributed by atoms with van der Waals surface area (Å²) in [4.78, 5) is 16.7. The van der Waals surface area contributed by atoms with Gasteiger partial charge in [-0.2, -0.15) is 0 Å². The van der Waals surface area contributed by atoms with E-state index in [0.717, 1.165) is 23.1 Å². The second kappa shape index (κ2) is 5.35. The summed E-state index contributed by atoms with van der Waals surface area (Å²) >= 11 is 1.52. The zero-order valence-electron chi connectivity index (χ0n) is 10.9. The smallest absolute Gasteiger partial charge is 0.260 e. The standard InChI is InChI=1S/C13H17N3OS/c1-4-14-13-15-11(8-18-13)10-7-6-9(3)16(5-2)12(10)17/h6-8H,4-5H2,1-3H3,(H,14,15). The Bertz CT molecular complexity index is 601. The lowest BCUT2D eigenvalue weighted by Crippen LogP contribution is -2.22. The zero-order chi connectivity index (χ0) is 13.1. The summed E-state index contributed by atoms with van der Waals surface area (Å²) in [7, 11) is 0. The quantitative estimate of drug-likeness (QED) is 0.922. The SMILES string of the molecule is CCNc1nc(-c2ccc(C)n(CC)c2=O)cs1. The highest BCUT2D eigenvalue weighted by Gasteiger charge is 2.10. The molecule has 0 unspecified atom stereocenters. The molecule has 0 aliphatic heterocycles. The Labute approximate surface area is 110 Å². The van der Waals surface area contributed by atoms with Crippen LogP contribution in [0.15, 0.2) is 22.3 Å². The van der Waals surface area contributed by atoms with Crippen LogP contribution in [0.5, 0.6) is 0 Å². The van der Waals surface area contributed by atoms with E-state index in [1.165, 1.54) is 11.3 Å². The van der Waals surface area contributed by atoms with Gasteiger partial charge in [-0.1, -0.05) is 0 Å². The van der Waals surface area contributed by atoms with Gasteiger partial charge in [-0.3, -0.25) is 4.79 Å². The van der Waals surface area contributed by atoms with Crippen LogP contribution >= 0.6 is 11.3 Å². The largest absolute Gasteiger partial charge is 0.362 e. The summed E-state index contributed by atoms with van der Waals surface area (Å²) in [5.41, 5.74) is 2.44. The van der Waals surface area contributed by atoms with Crippen molar-refractivity contribution >= 4 is 16.5 Å². The average Bonchev–Trinajstić information content (AvgIpc) is 2.79. The van der Waals surface area contributed by atoms with Gasteiger partial charge in [0.2, 0.25) is 0 Å². The maximum Gasteiger partial charge on any atom is 0.260 e. The summed E-state index contributed by atoms with van der Waals surface area (Å²) < 4.78 is 1.77. The fourth-order valence-corrected chi connectivity index (χ4v) is 2.67. The van der Waals surface area contributed by atoms with Crippen LogP contribution < -0.4 is 10.9 Å². The molecule has 2 aromatic heterocycles. The van der Waals surface area contributed by atoms with Gasteiger partial charge in [-0.25, -0.2) is 4.98 Å². The number of pyridine rings is 1. The molecule has 0 bridgehead atoms. The van der Waals surface area contributed by atoms with Crippen LogP contribution in [0.3, 0.4) is 0 Å². The Hall–Kier alpha value is -1.62. The molecule has 0 saturated heterocycles. The highest BCUT2D eigenvalue weighted by atomic mass is 32.1. The lowest BCUT2D eigenvalue weighted by molar-refractivity contribution is 0.702. The number of nitrogens with zero attached hydrogens (tertiary/aromatic N) is 2. The Morgan fingerprint density at radius 1 is 1.39 bits per heavy atom. The molecule has 0 saturated carbocycles. The van der Waals surface area contributed by atoms with Gasteiger partial charge in [0.1, 0.15) is 0 Å². The maximum absolute atomic E-state index is 12.3. The van der Waals surface area contributed by atoms with Crippen LogP contribution in [0, 0.1) is 6.92 Å². The van der Waals surface area contributed by atoms with Gasteiger partial charge in [0.05, 0.1) is 11.3 Å². The van der Waals surface area contributed by atoms with Crippen LogP contribution in [0.25, 0.3) is 11.3 Å². The topological polar surface area (TPSA) is 46.9 Å². The molecule has 4 nitrogen and oxygen atoms in total. The minimum absolute atomic E-state index is 0.0332. The fourth-order valence-electron chi connectivity index (χ4n) is 1.89. The van der Waals surface area contributed by atoms with Gasteiger partial charge >= 0.3 is 0 Å². The monoisotopic (exact) mass is 263 g/mol. The van der Waals surface area contributed by atoms with Crippen LogP contribution in [-0.2, 0) is 6.54 Å². The first-order valence-corrected chi connectivity index (χ1v) is 6.95. The second-order valence-corrected chi connectivity index (χ2v) is 4.86. The normalized spacial score (nSPS) is 10.6. The molecule has 0 aliphatic rings. The second-order valence-electron chi connectivity index (χ2n) is 4.01. The van der Waals surface area contributed by atoms with Crippen molar-refractivity contribution in [1.82, 2.24) is 9.55 Å². The van der Waals surface area contributed by atoms with Crippen LogP contribution in [-0.4, -0.2) is 16.1 Å². The minimum Gasteiger partial charge on any atom is -0.362 e. The molecule has 0 aromatic carbocycles. The van der Waals surface area contributed by atoms with Crippen molar-refractivity contribution < 1.29 is 0 Å². The molecule has 0 spiro atoms. The number of rotatable bonds is 4. The predicted molar refractivity (Wildman–Crippen MR) is 76.4 cm³/mol. The molecule has 2 aromatic rings.